The van der Waals surface area contributed by atoms with Gasteiger partial charge in [-0.25, -0.2) is 0 Å². The number of nitrogens with one attached hydrogen (secondary N) is 1. The van der Waals surface area contributed by atoms with Crippen molar-refractivity contribution in [2.45, 2.75) is 9.79 Å². The van der Waals surface area contributed by atoms with Gasteiger partial charge in [0.1, 0.15) is 0 Å². The second-order valence-corrected chi connectivity index (χ2v) is 8.24. The first-order chi connectivity index (χ1) is 14.9. The summed E-state index contributed by atoms with van der Waals surface area (Å²) in [6, 6.07) is 33.8. The van der Waals surface area contributed by atoms with Crippen LogP contribution in [0.5, 0.6) is 0 Å². The molecule has 0 fully saturated rings. The fraction of sp³-hybridized carbons (Fsp3) is 0. The largest absolute Gasteiger partial charge is 0.353 e. The van der Waals surface area contributed by atoms with E-state index in [0.717, 1.165) is 5.69 Å². The quantitative estimate of drug-likeness (QED) is 0.303. The van der Waals surface area contributed by atoms with Gasteiger partial charge in [0.15, 0.2) is 0 Å². The molecular formula is C28H21NS. The van der Waals surface area contributed by atoms with Crippen LogP contribution in [0.25, 0.3) is 24.3 Å². The van der Waals surface area contributed by atoms with Crippen molar-refractivity contribution in [3.63, 3.8) is 0 Å². The third kappa shape index (κ3) is 3.96. The Kier molecular flexibility index (Phi) is 5.24. The molecule has 1 N–H and O–H groups in total. The van der Waals surface area contributed by atoms with E-state index in [1.807, 2.05) is 23.9 Å². The van der Waals surface area contributed by atoms with E-state index in [1.54, 1.807) is 0 Å². The van der Waals surface area contributed by atoms with Crippen LogP contribution < -0.4 is 5.32 Å². The average Bonchev–Trinajstić information content (AvgIpc) is 2.81. The van der Waals surface area contributed by atoms with Crippen LogP contribution in [0, 0.1) is 0 Å². The summed E-state index contributed by atoms with van der Waals surface area (Å²) in [5, 5.41) is 3.68. The van der Waals surface area contributed by atoms with Gasteiger partial charge in [0.05, 0.1) is 11.4 Å². The number of anilines is 2. The summed E-state index contributed by atoms with van der Waals surface area (Å²) in [6.07, 6.45) is 8.78. The van der Waals surface area contributed by atoms with Gasteiger partial charge in [-0.2, -0.15) is 0 Å². The van der Waals surface area contributed by atoms with Gasteiger partial charge in [-0.3, -0.25) is 0 Å². The van der Waals surface area contributed by atoms with E-state index in [-0.39, 0.29) is 0 Å². The van der Waals surface area contributed by atoms with E-state index in [9.17, 15) is 0 Å². The second kappa shape index (κ2) is 8.48. The highest BCUT2D eigenvalue weighted by Gasteiger charge is 2.18. The van der Waals surface area contributed by atoms with Gasteiger partial charge >= 0.3 is 0 Å². The first kappa shape index (κ1) is 18.5. The van der Waals surface area contributed by atoms with Gasteiger partial charge < -0.3 is 5.32 Å². The molecule has 1 heterocycles. The van der Waals surface area contributed by atoms with Crippen LogP contribution in [0.3, 0.4) is 0 Å². The van der Waals surface area contributed by atoms with Crippen molar-refractivity contribution in [3.8, 4) is 0 Å². The van der Waals surface area contributed by atoms with Gasteiger partial charge in [0, 0.05) is 15.4 Å². The summed E-state index contributed by atoms with van der Waals surface area (Å²) >= 11 is 1.82. The minimum absolute atomic E-state index is 1.16. The maximum Gasteiger partial charge on any atom is 0.0606 e. The average molecular weight is 404 g/mol. The molecule has 0 saturated carbocycles. The number of rotatable bonds is 4. The Morgan fingerprint density at radius 1 is 0.533 bits per heavy atom. The lowest BCUT2D eigenvalue weighted by Gasteiger charge is -2.23. The molecule has 4 aromatic rings. The molecule has 2 heteroatoms. The summed E-state index contributed by atoms with van der Waals surface area (Å²) in [5.74, 6) is 0. The second-order valence-electron chi connectivity index (χ2n) is 7.15. The Hall–Kier alpha value is -3.49. The monoisotopic (exact) mass is 403 g/mol. The molecule has 0 unspecified atom stereocenters. The van der Waals surface area contributed by atoms with E-state index < -0.39 is 0 Å². The van der Waals surface area contributed by atoms with Gasteiger partial charge in [-0.15, -0.1) is 0 Å². The highest BCUT2D eigenvalue weighted by atomic mass is 32.2. The third-order valence-electron chi connectivity index (χ3n) is 5.10. The normalized spacial score (nSPS) is 12.5. The summed E-state index contributed by atoms with van der Waals surface area (Å²) in [5.41, 5.74) is 7.11. The fourth-order valence-electron chi connectivity index (χ4n) is 3.56. The van der Waals surface area contributed by atoms with Crippen molar-refractivity contribution in [1.29, 1.82) is 0 Å². The van der Waals surface area contributed by atoms with Crippen molar-refractivity contribution in [2.75, 3.05) is 5.32 Å². The van der Waals surface area contributed by atoms with Crippen molar-refractivity contribution < 1.29 is 0 Å². The fourth-order valence-corrected chi connectivity index (χ4v) is 4.57. The number of hydrogen-bond acceptors (Lipinski definition) is 2. The maximum absolute atomic E-state index is 3.68. The Bertz CT molecular complexity index is 1220. The first-order valence-corrected chi connectivity index (χ1v) is 10.9. The molecule has 5 rings (SSSR count). The molecule has 0 amide bonds. The lowest BCUT2D eigenvalue weighted by atomic mass is 10.0. The zero-order chi connectivity index (χ0) is 20.2. The number of fused-ring (bicyclic) bond motifs is 2. The van der Waals surface area contributed by atoms with Crippen LogP contribution in [-0.4, -0.2) is 0 Å². The molecule has 0 bridgehead atoms. The Morgan fingerprint density at radius 2 is 1.17 bits per heavy atom. The third-order valence-corrected chi connectivity index (χ3v) is 6.24. The standard InChI is InChI=1S/C28H21NS/c1-3-9-21(10-4-1)15-17-23-18-20-27-28(29-25-13-7-8-14-26(25)30-27)24(23)19-16-22-11-5-2-6-12-22/h1-20,29H/b17-15+,19-16+. The molecule has 0 spiro atoms. The molecule has 0 atom stereocenters. The van der Waals surface area contributed by atoms with Crippen LogP contribution in [0.2, 0.25) is 0 Å². The van der Waals surface area contributed by atoms with Crippen molar-refractivity contribution in [2.24, 2.45) is 0 Å². The molecule has 144 valence electrons. The summed E-state index contributed by atoms with van der Waals surface area (Å²) < 4.78 is 0. The lowest BCUT2D eigenvalue weighted by molar-refractivity contribution is 1.30. The SMILES string of the molecule is C(=C\c1ccc2c(c1/C=C/c1ccccc1)Nc1ccccc1S2)/c1ccccc1. The molecule has 0 aliphatic carbocycles. The Labute approximate surface area is 181 Å². The Morgan fingerprint density at radius 3 is 1.90 bits per heavy atom. The lowest BCUT2D eigenvalue weighted by Crippen LogP contribution is -2.02. The van der Waals surface area contributed by atoms with Gasteiger partial charge in [-0.1, -0.05) is 115 Å². The van der Waals surface area contributed by atoms with Crippen molar-refractivity contribution in [1.82, 2.24) is 0 Å². The zero-order valence-electron chi connectivity index (χ0n) is 16.5. The molecule has 0 aromatic heterocycles. The predicted octanol–water partition coefficient (Wildman–Crippen LogP) is 8.24. The van der Waals surface area contributed by atoms with Crippen LogP contribution in [0.15, 0.2) is 107 Å². The molecule has 4 aromatic carbocycles. The highest BCUT2D eigenvalue weighted by Crippen LogP contribution is 2.46. The van der Waals surface area contributed by atoms with E-state index in [0.29, 0.717) is 0 Å². The van der Waals surface area contributed by atoms with Gasteiger partial charge in [-0.05, 0) is 34.9 Å². The van der Waals surface area contributed by atoms with Crippen LogP contribution >= 0.6 is 11.8 Å². The van der Waals surface area contributed by atoms with Crippen LogP contribution in [0.1, 0.15) is 22.3 Å². The van der Waals surface area contributed by atoms with E-state index in [4.69, 9.17) is 0 Å². The first-order valence-electron chi connectivity index (χ1n) is 10.0. The van der Waals surface area contributed by atoms with E-state index in [2.05, 4.69) is 115 Å². The number of benzene rings is 4. The molecule has 0 saturated heterocycles. The summed E-state index contributed by atoms with van der Waals surface area (Å²) in [4.78, 5) is 2.51. The number of hydrogen-bond donors (Lipinski definition) is 1. The molecule has 1 nitrogen and oxygen atoms in total. The van der Waals surface area contributed by atoms with Gasteiger partial charge in [0.25, 0.3) is 0 Å². The summed E-state index contributed by atoms with van der Waals surface area (Å²) in [6.45, 7) is 0. The minimum Gasteiger partial charge on any atom is -0.353 e. The molecule has 1 aliphatic rings. The van der Waals surface area contributed by atoms with Crippen molar-refractivity contribution >= 4 is 47.4 Å². The van der Waals surface area contributed by atoms with Crippen molar-refractivity contribution in [3.05, 3.63) is 119 Å². The van der Waals surface area contributed by atoms with E-state index >= 15 is 0 Å². The minimum atomic E-state index is 1.16. The van der Waals surface area contributed by atoms with Crippen LogP contribution in [0.4, 0.5) is 11.4 Å². The molecule has 1 aliphatic heterocycles. The van der Waals surface area contributed by atoms with Crippen LogP contribution in [-0.2, 0) is 0 Å². The van der Waals surface area contributed by atoms with Gasteiger partial charge in [0.2, 0.25) is 0 Å². The smallest absolute Gasteiger partial charge is 0.0606 e. The Balaban J connectivity index is 1.59. The highest BCUT2D eigenvalue weighted by molar-refractivity contribution is 7.99. The topological polar surface area (TPSA) is 12.0 Å². The van der Waals surface area contributed by atoms with E-state index in [1.165, 1.54) is 37.7 Å². The summed E-state index contributed by atoms with van der Waals surface area (Å²) in [7, 11) is 0. The number of para-hydroxylation sites is 1. The predicted molar refractivity (Wildman–Crippen MR) is 131 cm³/mol. The zero-order valence-corrected chi connectivity index (χ0v) is 17.3. The maximum atomic E-state index is 3.68. The molecule has 30 heavy (non-hydrogen) atoms. The molecular weight excluding hydrogens is 382 g/mol. The molecule has 0 radical (unpaired) electrons.